The van der Waals surface area contributed by atoms with E-state index in [2.05, 4.69) is 4.98 Å². The summed E-state index contributed by atoms with van der Waals surface area (Å²) in [4.78, 5) is 40.8. The maximum atomic E-state index is 12.3. The van der Waals surface area contributed by atoms with Gasteiger partial charge in [-0.05, 0) is 26.0 Å². The zero-order chi connectivity index (χ0) is 17.0. The van der Waals surface area contributed by atoms with Gasteiger partial charge in [-0.3, -0.25) is 19.0 Å². The van der Waals surface area contributed by atoms with E-state index in [1.807, 2.05) is 0 Å². The van der Waals surface area contributed by atoms with Gasteiger partial charge in [0.25, 0.3) is 5.56 Å². The van der Waals surface area contributed by atoms with Crippen molar-refractivity contribution in [1.82, 2.24) is 14.5 Å². The molecule has 7 heteroatoms. The summed E-state index contributed by atoms with van der Waals surface area (Å²) < 4.78 is 1.37. The second-order valence-electron chi connectivity index (χ2n) is 5.52. The van der Waals surface area contributed by atoms with E-state index >= 15 is 0 Å². The molecule has 2 aromatic rings. The molecular formula is C16H19N3O4. The van der Waals surface area contributed by atoms with Crippen LogP contribution >= 0.6 is 0 Å². The fourth-order valence-electron chi connectivity index (χ4n) is 2.33. The summed E-state index contributed by atoms with van der Waals surface area (Å²) >= 11 is 0. The molecule has 1 aromatic heterocycles. The van der Waals surface area contributed by atoms with Crippen molar-refractivity contribution in [2.24, 2.45) is 0 Å². The number of nitrogens with zero attached hydrogens (tertiary/aromatic N) is 3. The molecule has 0 bridgehead atoms. The molecule has 0 aliphatic rings. The molecule has 0 aliphatic carbocycles. The Morgan fingerprint density at radius 1 is 1.30 bits per heavy atom. The van der Waals surface area contributed by atoms with Gasteiger partial charge in [0.1, 0.15) is 6.54 Å². The maximum absolute atomic E-state index is 12.3. The summed E-state index contributed by atoms with van der Waals surface area (Å²) in [7, 11) is 0. The van der Waals surface area contributed by atoms with Crippen LogP contribution in [0.15, 0.2) is 35.4 Å². The van der Waals surface area contributed by atoms with Crippen LogP contribution in [0.1, 0.15) is 20.3 Å². The second kappa shape index (κ2) is 7.04. The Kier molecular flexibility index (Phi) is 5.10. The van der Waals surface area contributed by atoms with Gasteiger partial charge in [-0.1, -0.05) is 12.1 Å². The van der Waals surface area contributed by atoms with Crippen molar-refractivity contribution >= 4 is 22.8 Å². The minimum absolute atomic E-state index is 0.0470. The Bertz CT molecular complexity index is 782. The molecule has 7 nitrogen and oxygen atoms in total. The molecule has 1 amide bonds. The number of rotatable bonds is 6. The fraction of sp³-hybridized carbons (Fsp3) is 0.375. The average molecular weight is 317 g/mol. The van der Waals surface area contributed by atoms with Crippen LogP contribution in [0.2, 0.25) is 0 Å². The topological polar surface area (TPSA) is 92.5 Å². The predicted octanol–water partition coefficient (Wildman–Crippen LogP) is 1.11. The quantitative estimate of drug-likeness (QED) is 0.861. The number of hydrogen-bond donors (Lipinski definition) is 1. The van der Waals surface area contributed by atoms with Crippen LogP contribution in [-0.2, 0) is 16.1 Å². The van der Waals surface area contributed by atoms with E-state index in [-0.39, 0.29) is 37.0 Å². The Morgan fingerprint density at radius 3 is 2.65 bits per heavy atom. The van der Waals surface area contributed by atoms with Crippen molar-refractivity contribution in [3.05, 3.63) is 40.9 Å². The van der Waals surface area contributed by atoms with Crippen LogP contribution in [0, 0.1) is 0 Å². The maximum Gasteiger partial charge on any atom is 0.323 e. The van der Waals surface area contributed by atoms with E-state index in [1.165, 1.54) is 15.8 Å². The van der Waals surface area contributed by atoms with E-state index in [4.69, 9.17) is 5.11 Å². The van der Waals surface area contributed by atoms with E-state index in [0.29, 0.717) is 10.9 Å². The van der Waals surface area contributed by atoms with Crippen molar-refractivity contribution in [2.75, 3.05) is 6.54 Å². The van der Waals surface area contributed by atoms with Crippen LogP contribution in [0.25, 0.3) is 10.9 Å². The van der Waals surface area contributed by atoms with Gasteiger partial charge >= 0.3 is 5.97 Å². The van der Waals surface area contributed by atoms with Crippen LogP contribution < -0.4 is 5.56 Å². The first kappa shape index (κ1) is 16.7. The number of aromatic nitrogens is 2. The number of carbonyl (C=O) groups excluding carboxylic acids is 1. The molecule has 1 heterocycles. The number of aliphatic carboxylic acids is 1. The number of para-hydroxylation sites is 1. The van der Waals surface area contributed by atoms with Gasteiger partial charge in [-0.15, -0.1) is 0 Å². The normalized spacial score (nSPS) is 10.9. The summed E-state index contributed by atoms with van der Waals surface area (Å²) in [5.41, 5.74) is 0.396. The number of carboxylic acid groups (broad SMARTS) is 1. The van der Waals surface area contributed by atoms with Crippen molar-refractivity contribution in [2.45, 2.75) is 32.9 Å². The summed E-state index contributed by atoms with van der Waals surface area (Å²) in [6, 6.07) is 6.78. The Balaban J connectivity index is 2.14. The number of carbonyl (C=O) groups is 2. The van der Waals surface area contributed by atoms with Gasteiger partial charge < -0.3 is 10.0 Å². The number of benzene rings is 1. The smallest absolute Gasteiger partial charge is 0.323 e. The predicted molar refractivity (Wildman–Crippen MR) is 85.1 cm³/mol. The summed E-state index contributed by atoms with van der Waals surface area (Å²) in [5, 5.41) is 9.36. The molecule has 0 spiro atoms. The molecule has 23 heavy (non-hydrogen) atoms. The lowest BCUT2D eigenvalue weighted by molar-refractivity contribution is -0.145. The number of aryl methyl sites for hydroxylation is 1. The van der Waals surface area contributed by atoms with E-state index < -0.39 is 5.97 Å². The highest BCUT2D eigenvalue weighted by Gasteiger charge is 2.19. The zero-order valence-electron chi connectivity index (χ0n) is 13.1. The molecule has 0 saturated carbocycles. The second-order valence-corrected chi connectivity index (χ2v) is 5.52. The first-order valence-corrected chi connectivity index (χ1v) is 7.35. The van der Waals surface area contributed by atoms with Gasteiger partial charge in [0.15, 0.2) is 0 Å². The van der Waals surface area contributed by atoms with Gasteiger partial charge in [-0.2, -0.15) is 0 Å². The molecule has 0 fully saturated rings. The molecule has 2 rings (SSSR count). The van der Waals surface area contributed by atoms with E-state index in [9.17, 15) is 14.4 Å². The third-order valence-electron chi connectivity index (χ3n) is 3.55. The van der Waals surface area contributed by atoms with Crippen LogP contribution in [-0.4, -0.2) is 44.0 Å². The van der Waals surface area contributed by atoms with Crippen LogP contribution in [0.4, 0.5) is 0 Å². The first-order chi connectivity index (χ1) is 10.9. The van der Waals surface area contributed by atoms with Crippen molar-refractivity contribution in [3.8, 4) is 0 Å². The lowest BCUT2D eigenvalue weighted by Gasteiger charge is -2.25. The minimum atomic E-state index is -1.06. The average Bonchev–Trinajstić information content (AvgIpc) is 2.51. The summed E-state index contributed by atoms with van der Waals surface area (Å²) in [6.07, 6.45) is 1.46. The number of fused-ring (bicyclic) bond motifs is 1. The monoisotopic (exact) mass is 317 g/mol. The largest absolute Gasteiger partial charge is 0.480 e. The highest BCUT2D eigenvalue weighted by Crippen LogP contribution is 2.06. The summed E-state index contributed by atoms with van der Waals surface area (Å²) in [6.45, 7) is 3.33. The lowest BCUT2D eigenvalue weighted by atomic mass is 10.2. The Morgan fingerprint density at radius 2 is 2.00 bits per heavy atom. The fourth-order valence-corrected chi connectivity index (χ4v) is 2.33. The van der Waals surface area contributed by atoms with Gasteiger partial charge in [0, 0.05) is 19.0 Å². The number of hydrogen-bond acceptors (Lipinski definition) is 4. The lowest BCUT2D eigenvalue weighted by Crippen LogP contribution is -2.41. The first-order valence-electron chi connectivity index (χ1n) is 7.35. The van der Waals surface area contributed by atoms with Gasteiger partial charge in [-0.25, -0.2) is 4.98 Å². The minimum Gasteiger partial charge on any atom is -0.480 e. The van der Waals surface area contributed by atoms with Crippen molar-refractivity contribution in [3.63, 3.8) is 0 Å². The molecule has 1 N–H and O–H groups in total. The standard InChI is InChI=1S/C16H19N3O4/c1-11(2)19(9-15(21)22)14(20)7-8-18-10-17-13-6-4-3-5-12(13)16(18)23/h3-6,10-11H,7-9H2,1-2H3,(H,21,22). The number of amides is 1. The Hall–Kier alpha value is -2.70. The highest BCUT2D eigenvalue weighted by atomic mass is 16.4. The van der Waals surface area contributed by atoms with Crippen molar-refractivity contribution in [1.29, 1.82) is 0 Å². The third-order valence-corrected chi connectivity index (χ3v) is 3.55. The molecule has 1 aromatic carbocycles. The van der Waals surface area contributed by atoms with Gasteiger partial charge in [0.2, 0.25) is 5.91 Å². The SMILES string of the molecule is CC(C)N(CC(=O)O)C(=O)CCn1cnc2ccccc2c1=O. The highest BCUT2D eigenvalue weighted by molar-refractivity contribution is 5.81. The molecule has 0 saturated heterocycles. The number of carboxylic acids is 1. The van der Waals surface area contributed by atoms with Gasteiger partial charge in [0.05, 0.1) is 17.2 Å². The van der Waals surface area contributed by atoms with Crippen LogP contribution in [0.5, 0.6) is 0 Å². The van der Waals surface area contributed by atoms with E-state index in [0.717, 1.165) is 0 Å². The molecule has 122 valence electrons. The molecule has 0 atom stereocenters. The molecule has 0 radical (unpaired) electrons. The van der Waals surface area contributed by atoms with Crippen LogP contribution in [0.3, 0.4) is 0 Å². The molecule has 0 aliphatic heterocycles. The molecular weight excluding hydrogens is 298 g/mol. The van der Waals surface area contributed by atoms with E-state index in [1.54, 1.807) is 38.1 Å². The van der Waals surface area contributed by atoms with Crippen molar-refractivity contribution < 1.29 is 14.7 Å². The third kappa shape index (κ3) is 3.94. The zero-order valence-corrected chi connectivity index (χ0v) is 13.1. The molecule has 0 unspecified atom stereocenters. The Labute approximate surface area is 133 Å². The summed E-state index contributed by atoms with van der Waals surface area (Å²) in [5.74, 6) is -1.36.